The van der Waals surface area contributed by atoms with Crippen LogP contribution in [0.2, 0.25) is 0 Å². The highest BCUT2D eigenvalue weighted by Crippen LogP contribution is 2.40. The molecule has 0 radical (unpaired) electrons. The number of rotatable bonds is 4. The van der Waals surface area contributed by atoms with Gasteiger partial charge in [0.1, 0.15) is 5.75 Å². The Kier molecular flexibility index (Phi) is 5.52. The number of nitrogens with zero attached hydrogens (tertiary/aromatic N) is 2. The molecule has 2 aliphatic rings. The summed E-state index contributed by atoms with van der Waals surface area (Å²) in [5.74, 6) is 0.379. The standard InChI is InChI=1S/C29H25N3O4/c1-35-29(34)20-6-8-21(30-17-20)9-11-26(33)32-14-12-23-22-4-2-3-5-24(22)31-27(23)28(32)19-7-10-25-18(16-19)13-15-36-25/h2-11,16-17,28,31H,12-15H2,1H3/t28-/m1/s1. The number of hydrogen-bond donors (Lipinski definition) is 1. The Morgan fingerprint density at radius 1 is 1.14 bits per heavy atom. The number of aromatic amines is 1. The third-order valence-corrected chi connectivity index (χ3v) is 6.95. The lowest BCUT2D eigenvalue weighted by Crippen LogP contribution is -2.39. The molecule has 180 valence electrons. The minimum atomic E-state index is -0.445. The van der Waals surface area contributed by atoms with Gasteiger partial charge in [-0.15, -0.1) is 0 Å². The van der Waals surface area contributed by atoms with Crippen molar-refractivity contribution < 1.29 is 19.1 Å². The average Bonchev–Trinajstić information content (AvgIpc) is 3.55. The van der Waals surface area contributed by atoms with Crippen LogP contribution in [0.4, 0.5) is 0 Å². The van der Waals surface area contributed by atoms with Crippen molar-refractivity contribution in [2.75, 3.05) is 20.3 Å². The molecule has 36 heavy (non-hydrogen) atoms. The second-order valence-electron chi connectivity index (χ2n) is 9.01. The summed E-state index contributed by atoms with van der Waals surface area (Å²) in [4.78, 5) is 35.0. The Labute approximate surface area is 208 Å². The van der Waals surface area contributed by atoms with Gasteiger partial charge in [-0.1, -0.05) is 24.3 Å². The smallest absolute Gasteiger partial charge is 0.339 e. The molecule has 1 atom stereocenters. The van der Waals surface area contributed by atoms with Gasteiger partial charge in [-0.3, -0.25) is 9.78 Å². The maximum absolute atomic E-state index is 13.5. The molecule has 0 spiro atoms. The van der Waals surface area contributed by atoms with Crippen LogP contribution in [0.1, 0.15) is 44.5 Å². The van der Waals surface area contributed by atoms with E-state index in [0.29, 0.717) is 24.4 Å². The fraction of sp³-hybridized carbons (Fsp3) is 0.207. The van der Waals surface area contributed by atoms with Crippen LogP contribution >= 0.6 is 0 Å². The fourth-order valence-electron chi connectivity index (χ4n) is 5.20. The highest BCUT2D eigenvalue weighted by molar-refractivity contribution is 5.93. The number of benzene rings is 2. The summed E-state index contributed by atoms with van der Waals surface area (Å²) in [7, 11) is 1.33. The van der Waals surface area contributed by atoms with E-state index < -0.39 is 5.97 Å². The second kappa shape index (κ2) is 9.00. The van der Waals surface area contributed by atoms with Gasteiger partial charge in [-0.25, -0.2) is 4.79 Å². The minimum absolute atomic E-state index is 0.0973. The maximum atomic E-state index is 13.5. The van der Waals surface area contributed by atoms with Crippen LogP contribution in [0.15, 0.2) is 66.9 Å². The lowest BCUT2D eigenvalue weighted by atomic mass is 9.91. The van der Waals surface area contributed by atoms with Gasteiger partial charge in [0.25, 0.3) is 0 Å². The molecule has 0 saturated heterocycles. The Morgan fingerprint density at radius 3 is 2.86 bits per heavy atom. The molecular formula is C29H25N3O4. The van der Waals surface area contributed by atoms with Crippen molar-refractivity contribution >= 4 is 28.9 Å². The maximum Gasteiger partial charge on any atom is 0.339 e. The number of para-hydroxylation sites is 1. The third kappa shape index (κ3) is 3.82. The van der Waals surface area contributed by atoms with Crippen LogP contribution in [0.5, 0.6) is 5.75 Å². The van der Waals surface area contributed by atoms with Gasteiger partial charge >= 0.3 is 5.97 Å². The molecule has 2 aromatic carbocycles. The Hall–Kier alpha value is -4.39. The molecule has 6 rings (SSSR count). The normalized spacial score (nSPS) is 16.6. The summed E-state index contributed by atoms with van der Waals surface area (Å²) in [5.41, 5.74) is 6.60. The van der Waals surface area contributed by atoms with E-state index in [4.69, 9.17) is 9.47 Å². The van der Waals surface area contributed by atoms with E-state index in [1.807, 2.05) is 17.0 Å². The molecule has 2 aromatic heterocycles. The van der Waals surface area contributed by atoms with Crippen LogP contribution < -0.4 is 4.74 Å². The molecule has 0 fully saturated rings. The van der Waals surface area contributed by atoms with E-state index in [-0.39, 0.29) is 11.9 Å². The van der Waals surface area contributed by atoms with Crippen molar-refractivity contribution in [1.82, 2.24) is 14.9 Å². The lowest BCUT2D eigenvalue weighted by Gasteiger charge is -2.36. The lowest BCUT2D eigenvalue weighted by molar-refractivity contribution is -0.128. The number of fused-ring (bicyclic) bond motifs is 4. The van der Waals surface area contributed by atoms with E-state index in [1.165, 1.54) is 29.8 Å². The van der Waals surface area contributed by atoms with E-state index in [2.05, 4.69) is 40.3 Å². The molecule has 0 saturated carbocycles. The number of nitrogens with one attached hydrogen (secondary N) is 1. The fourth-order valence-corrected chi connectivity index (χ4v) is 5.20. The summed E-state index contributed by atoms with van der Waals surface area (Å²) in [5, 5.41) is 1.21. The zero-order valence-electron chi connectivity index (χ0n) is 19.9. The number of carbonyl (C=O) groups is 2. The zero-order chi connectivity index (χ0) is 24.6. The van der Waals surface area contributed by atoms with Gasteiger partial charge in [0.2, 0.25) is 5.91 Å². The monoisotopic (exact) mass is 479 g/mol. The predicted octanol–water partition coefficient (Wildman–Crippen LogP) is 4.47. The minimum Gasteiger partial charge on any atom is -0.493 e. The number of aromatic nitrogens is 2. The molecule has 7 heteroatoms. The second-order valence-corrected chi connectivity index (χ2v) is 9.01. The first-order valence-electron chi connectivity index (χ1n) is 12.0. The van der Waals surface area contributed by atoms with Crippen LogP contribution in [0, 0.1) is 0 Å². The average molecular weight is 480 g/mol. The quantitative estimate of drug-likeness (QED) is 0.345. The largest absolute Gasteiger partial charge is 0.493 e. The summed E-state index contributed by atoms with van der Waals surface area (Å²) >= 11 is 0. The van der Waals surface area contributed by atoms with Crippen LogP contribution in [-0.2, 0) is 22.4 Å². The van der Waals surface area contributed by atoms with E-state index in [9.17, 15) is 9.59 Å². The highest BCUT2D eigenvalue weighted by atomic mass is 16.5. The molecule has 1 amide bonds. The summed E-state index contributed by atoms with van der Waals surface area (Å²) in [6.45, 7) is 1.29. The SMILES string of the molecule is COC(=O)c1ccc(C=CC(=O)N2CCc3c([nH]c4ccccc34)[C@H]2c2ccc3c(c2)CCO3)nc1. The number of carbonyl (C=O) groups excluding carboxylic acids is 2. The van der Waals surface area contributed by atoms with Crippen molar-refractivity contribution in [2.24, 2.45) is 0 Å². The first kappa shape index (κ1) is 22.1. The molecular weight excluding hydrogens is 454 g/mol. The Balaban J connectivity index is 1.35. The number of methoxy groups -OCH3 is 1. The van der Waals surface area contributed by atoms with E-state index >= 15 is 0 Å². The zero-order valence-corrected chi connectivity index (χ0v) is 19.9. The van der Waals surface area contributed by atoms with Gasteiger partial charge in [-0.2, -0.15) is 0 Å². The Bertz CT molecular complexity index is 1500. The first-order valence-corrected chi connectivity index (χ1v) is 12.0. The molecule has 0 bridgehead atoms. The molecule has 2 aliphatic heterocycles. The van der Waals surface area contributed by atoms with Crippen molar-refractivity contribution in [1.29, 1.82) is 0 Å². The van der Waals surface area contributed by atoms with Gasteiger partial charge in [-0.05, 0) is 59.5 Å². The van der Waals surface area contributed by atoms with Gasteiger partial charge in [0.05, 0.1) is 31.0 Å². The van der Waals surface area contributed by atoms with Crippen molar-refractivity contribution in [2.45, 2.75) is 18.9 Å². The van der Waals surface area contributed by atoms with Gasteiger partial charge < -0.3 is 19.4 Å². The summed E-state index contributed by atoms with van der Waals surface area (Å²) in [6, 6.07) is 17.6. The number of pyridine rings is 1. The topological polar surface area (TPSA) is 84.5 Å². The van der Waals surface area contributed by atoms with E-state index in [1.54, 1.807) is 24.3 Å². The number of hydrogen-bond acceptors (Lipinski definition) is 5. The number of amides is 1. The summed E-state index contributed by atoms with van der Waals surface area (Å²) in [6.07, 6.45) is 6.32. The summed E-state index contributed by atoms with van der Waals surface area (Å²) < 4.78 is 10.4. The van der Waals surface area contributed by atoms with Gasteiger partial charge in [0, 0.05) is 41.8 Å². The van der Waals surface area contributed by atoms with E-state index in [0.717, 1.165) is 35.4 Å². The van der Waals surface area contributed by atoms with Crippen molar-refractivity contribution in [3.63, 3.8) is 0 Å². The molecule has 1 N–H and O–H groups in total. The molecule has 7 nitrogen and oxygen atoms in total. The predicted molar refractivity (Wildman–Crippen MR) is 136 cm³/mol. The molecule has 4 heterocycles. The highest BCUT2D eigenvalue weighted by Gasteiger charge is 2.34. The molecule has 0 aliphatic carbocycles. The Morgan fingerprint density at radius 2 is 2.03 bits per heavy atom. The van der Waals surface area contributed by atoms with Gasteiger partial charge in [0.15, 0.2) is 0 Å². The number of ether oxygens (including phenoxy) is 2. The van der Waals surface area contributed by atoms with Crippen molar-refractivity contribution in [3.8, 4) is 5.75 Å². The third-order valence-electron chi connectivity index (χ3n) is 6.95. The first-order chi connectivity index (χ1) is 17.6. The van der Waals surface area contributed by atoms with Crippen molar-refractivity contribution in [3.05, 3.63) is 101 Å². The van der Waals surface area contributed by atoms with Crippen LogP contribution in [0.25, 0.3) is 17.0 Å². The van der Waals surface area contributed by atoms with Crippen LogP contribution in [-0.4, -0.2) is 47.0 Å². The number of H-pyrrole nitrogens is 1. The molecule has 4 aromatic rings. The number of esters is 1. The van der Waals surface area contributed by atoms with Crippen LogP contribution in [0.3, 0.4) is 0 Å². The molecule has 0 unspecified atom stereocenters.